The first kappa shape index (κ1) is 27.1. The second-order valence-electron chi connectivity index (χ2n) is 7.78. The summed E-state index contributed by atoms with van der Waals surface area (Å²) in [6, 6.07) is 9.50. The minimum Gasteiger partial charge on any atom is -0.507 e. The van der Waals surface area contributed by atoms with E-state index >= 15 is 0 Å². The van der Waals surface area contributed by atoms with Crippen molar-refractivity contribution in [3.8, 4) is 11.5 Å². The fraction of sp³-hybridized carbons (Fsp3) is 0.462. The van der Waals surface area contributed by atoms with Gasteiger partial charge in [-0.2, -0.15) is 0 Å². The Morgan fingerprint density at radius 3 is 2.67 bits per heavy atom. The second-order valence-corrected chi connectivity index (χ2v) is 9.32. The highest BCUT2D eigenvalue weighted by atomic mass is 35.5. The summed E-state index contributed by atoms with van der Waals surface area (Å²) in [5.41, 5.74) is 2.61. The number of phenolic OH excluding ortho intramolecular Hbond substituents is 1. The number of aromatic hydroxyl groups is 1. The van der Waals surface area contributed by atoms with Crippen molar-refractivity contribution < 1.29 is 24.2 Å². The third-order valence-corrected chi connectivity index (χ3v) is 6.80. The van der Waals surface area contributed by atoms with Crippen LogP contribution in [0.4, 0.5) is 0 Å². The molecule has 0 amide bonds. The van der Waals surface area contributed by atoms with Crippen LogP contribution in [0.5, 0.6) is 11.5 Å². The van der Waals surface area contributed by atoms with E-state index < -0.39 is 0 Å². The number of methoxy groups -OCH3 is 1. The van der Waals surface area contributed by atoms with Crippen molar-refractivity contribution in [2.45, 2.75) is 63.2 Å². The first-order chi connectivity index (χ1) is 16.0. The van der Waals surface area contributed by atoms with E-state index in [0.29, 0.717) is 23.8 Å². The molecule has 0 fully saturated rings. The van der Waals surface area contributed by atoms with Crippen molar-refractivity contribution in [3.63, 3.8) is 0 Å². The van der Waals surface area contributed by atoms with Crippen LogP contribution in [0, 0.1) is 0 Å². The number of hydrogen-bond donors (Lipinski definition) is 1. The Labute approximate surface area is 205 Å². The summed E-state index contributed by atoms with van der Waals surface area (Å²) in [6.07, 6.45) is 6.67. The van der Waals surface area contributed by atoms with Crippen LogP contribution in [0.25, 0.3) is 0 Å². The predicted molar refractivity (Wildman–Crippen MR) is 134 cm³/mol. The van der Waals surface area contributed by atoms with Gasteiger partial charge in [-0.15, -0.1) is 11.8 Å². The third kappa shape index (κ3) is 8.94. The number of halogens is 1. The molecule has 2 aromatic carbocycles. The number of unbranched alkanes of at least 4 members (excludes halogenated alkanes) is 2. The Kier molecular flexibility index (Phi) is 12.2. The van der Waals surface area contributed by atoms with E-state index in [2.05, 4.69) is 11.7 Å². The maximum Gasteiger partial charge on any atom is 0.309 e. The van der Waals surface area contributed by atoms with Crippen molar-refractivity contribution in [1.82, 2.24) is 0 Å². The van der Waals surface area contributed by atoms with Crippen LogP contribution in [-0.2, 0) is 33.6 Å². The molecule has 0 saturated carbocycles. The molecule has 5 nitrogen and oxygen atoms in total. The summed E-state index contributed by atoms with van der Waals surface area (Å²) in [6.45, 7) is 2.62. The summed E-state index contributed by atoms with van der Waals surface area (Å²) in [4.78, 5) is 22.8. The molecule has 0 atom stereocenters. The van der Waals surface area contributed by atoms with Gasteiger partial charge in [0.1, 0.15) is 17.8 Å². The fourth-order valence-corrected chi connectivity index (χ4v) is 4.68. The molecular weight excluding hydrogens is 460 g/mol. The summed E-state index contributed by atoms with van der Waals surface area (Å²) in [5.74, 6) is 1.61. The van der Waals surface area contributed by atoms with Crippen LogP contribution in [0.1, 0.15) is 55.7 Å². The Bertz CT molecular complexity index is 916. The number of carbonyl (C=O) groups excluding carboxylic acids is 2. The number of ether oxygens (including phenoxy) is 2. The zero-order chi connectivity index (χ0) is 24.1. The van der Waals surface area contributed by atoms with Gasteiger partial charge in [0.2, 0.25) is 0 Å². The number of carbonyl (C=O) groups is 2. The van der Waals surface area contributed by atoms with Gasteiger partial charge in [0.15, 0.2) is 0 Å². The van der Waals surface area contributed by atoms with E-state index in [4.69, 9.17) is 16.3 Å². The van der Waals surface area contributed by atoms with Gasteiger partial charge in [-0.3, -0.25) is 4.79 Å². The van der Waals surface area contributed by atoms with Crippen molar-refractivity contribution in [3.05, 3.63) is 52.0 Å². The normalized spacial score (nSPS) is 10.8. The Hall–Kier alpha value is -2.18. The third-order valence-electron chi connectivity index (χ3n) is 5.22. The highest BCUT2D eigenvalue weighted by Gasteiger charge is 2.13. The maximum absolute atomic E-state index is 11.4. The van der Waals surface area contributed by atoms with Gasteiger partial charge < -0.3 is 19.4 Å². The summed E-state index contributed by atoms with van der Waals surface area (Å²) >= 11 is 8.00. The van der Waals surface area contributed by atoms with Gasteiger partial charge >= 0.3 is 5.97 Å². The molecule has 7 heteroatoms. The minimum atomic E-state index is -0.289. The number of benzene rings is 2. The zero-order valence-electron chi connectivity index (χ0n) is 19.4. The standard InChI is InChI=1S/C26H33ClO5S/c1-3-8-21-23(12-11-20(26(21)30)9-5-4-6-14-28)32-15-7-16-33-24-13-10-19(17-22(24)27)18-25(29)31-2/h10-14,17,30H,3-9,15-16,18H2,1-2H3. The lowest BCUT2D eigenvalue weighted by Gasteiger charge is -2.15. The lowest BCUT2D eigenvalue weighted by Crippen LogP contribution is -2.04. The molecule has 0 aromatic heterocycles. The Morgan fingerprint density at radius 2 is 1.97 bits per heavy atom. The van der Waals surface area contributed by atoms with Crippen LogP contribution < -0.4 is 4.74 Å². The maximum atomic E-state index is 11.4. The molecule has 0 saturated heterocycles. The molecule has 1 N–H and O–H groups in total. The first-order valence-electron chi connectivity index (χ1n) is 11.4. The van der Waals surface area contributed by atoms with Gasteiger partial charge in [0.05, 0.1) is 25.2 Å². The molecule has 0 bridgehead atoms. The van der Waals surface area contributed by atoms with Crippen molar-refractivity contribution in [2.75, 3.05) is 19.5 Å². The number of rotatable bonds is 15. The monoisotopic (exact) mass is 492 g/mol. The van der Waals surface area contributed by atoms with Gasteiger partial charge in [-0.25, -0.2) is 0 Å². The average Bonchev–Trinajstić information content (AvgIpc) is 2.80. The Balaban J connectivity index is 1.86. The lowest BCUT2D eigenvalue weighted by atomic mass is 9.99. The van der Waals surface area contributed by atoms with Crippen molar-refractivity contribution >= 4 is 35.6 Å². The topological polar surface area (TPSA) is 72.8 Å². The average molecular weight is 493 g/mol. The smallest absolute Gasteiger partial charge is 0.309 e. The van der Waals surface area contributed by atoms with E-state index in [0.717, 1.165) is 77.9 Å². The number of thioether (sulfide) groups is 1. The molecule has 0 aliphatic carbocycles. The number of aldehydes is 1. The van der Waals surface area contributed by atoms with Crippen LogP contribution in [-0.4, -0.2) is 36.8 Å². The van der Waals surface area contributed by atoms with E-state index in [1.807, 2.05) is 24.3 Å². The van der Waals surface area contributed by atoms with Gasteiger partial charge in [-0.1, -0.05) is 37.1 Å². The number of hydrogen-bond acceptors (Lipinski definition) is 6. The predicted octanol–water partition coefficient (Wildman–Crippen LogP) is 6.19. The molecule has 0 radical (unpaired) electrons. The molecule has 180 valence electrons. The zero-order valence-corrected chi connectivity index (χ0v) is 21.0. The highest BCUT2D eigenvalue weighted by molar-refractivity contribution is 7.99. The summed E-state index contributed by atoms with van der Waals surface area (Å²) in [5, 5.41) is 11.4. The van der Waals surface area contributed by atoms with Gasteiger partial charge in [0, 0.05) is 22.6 Å². The fourth-order valence-electron chi connectivity index (χ4n) is 3.47. The van der Waals surface area contributed by atoms with Crippen LogP contribution in [0.15, 0.2) is 35.2 Å². The van der Waals surface area contributed by atoms with E-state index in [1.54, 1.807) is 17.8 Å². The van der Waals surface area contributed by atoms with Crippen LogP contribution in [0.3, 0.4) is 0 Å². The van der Waals surface area contributed by atoms with Gasteiger partial charge in [0.25, 0.3) is 0 Å². The lowest BCUT2D eigenvalue weighted by molar-refractivity contribution is -0.139. The number of phenols is 1. The second kappa shape index (κ2) is 14.9. The molecule has 0 unspecified atom stereocenters. The molecule has 0 aliphatic heterocycles. The quantitative estimate of drug-likeness (QED) is 0.138. The van der Waals surface area contributed by atoms with Crippen molar-refractivity contribution in [1.29, 1.82) is 0 Å². The number of esters is 1. The number of aryl methyl sites for hydroxylation is 1. The van der Waals surface area contributed by atoms with Crippen LogP contribution >= 0.6 is 23.4 Å². The van der Waals surface area contributed by atoms with E-state index in [-0.39, 0.29) is 12.4 Å². The van der Waals surface area contributed by atoms with Crippen LogP contribution in [0.2, 0.25) is 5.02 Å². The molecule has 33 heavy (non-hydrogen) atoms. The molecule has 0 aliphatic rings. The minimum absolute atomic E-state index is 0.208. The summed E-state index contributed by atoms with van der Waals surface area (Å²) < 4.78 is 10.7. The van der Waals surface area contributed by atoms with E-state index in [1.165, 1.54) is 7.11 Å². The highest BCUT2D eigenvalue weighted by Crippen LogP contribution is 2.34. The Morgan fingerprint density at radius 1 is 1.15 bits per heavy atom. The SMILES string of the molecule is CCCc1c(OCCCSc2ccc(CC(=O)OC)cc2Cl)ccc(CCCCC=O)c1O. The molecular formula is C26H33ClO5S. The summed E-state index contributed by atoms with van der Waals surface area (Å²) in [7, 11) is 1.37. The van der Waals surface area contributed by atoms with Gasteiger partial charge in [-0.05, 0) is 61.4 Å². The molecule has 2 rings (SSSR count). The molecule has 0 spiro atoms. The molecule has 2 aromatic rings. The van der Waals surface area contributed by atoms with Crippen molar-refractivity contribution in [2.24, 2.45) is 0 Å². The first-order valence-corrected chi connectivity index (χ1v) is 12.7. The van der Waals surface area contributed by atoms with E-state index in [9.17, 15) is 14.7 Å². The largest absolute Gasteiger partial charge is 0.507 e. The molecule has 0 heterocycles.